The van der Waals surface area contributed by atoms with Crippen molar-refractivity contribution in [3.63, 3.8) is 0 Å². The van der Waals surface area contributed by atoms with E-state index in [1.165, 1.54) is 66.3 Å². The molecule has 31 heavy (non-hydrogen) atoms. The number of carbonyl (C=O) groups excluding carboxylic acids is 1. The number of nitrogens with zero attached hydrogens (tertiary/aromatic N) is 3. The molecule has 0 unspecified atom stereocenters. The molecule has 0 saturated heterocycles. The number of carbonyl (C=O) groups is 1. The summed E-state index contributed by atoms with van der Waals surface area (Å²) in [6, 6.07) is 11.0. The number of amides is 1. The summed E-state index contributed by atoms with van der Waals surface area (Å²) in [7, 11) is 0. The molecule has 5 rings (SSSR count). The van der Waals surface area contributed by atoms with Crippen LogP contribution >= 0.6 is 23.1 Å². The van der Waals surface area contributed by atoms with E-state index in [9.17, 15) is 4.79 Å². The van der Waals surface area contributed by atoms with E-state index in [1.807, 2.05) is 6.07 Å². The Morgan fingerprint density at radius 2 is 1.97 bits per heavy atom. The zero-order valence-electron chi connectivity index (χ0n) is 17.7. The Kier molecular flexibility index (Phi) is 6.41. The van der Waals surface area contributed by atoms with Crippen LogP contribution in [0.15, 0.2) is 40.9 Å². The zero-order valence-corrected chi connectivity index (χ0v) is 19.3. The summed E-state index contributed by atoms with van der Waals surface area (Å²) in [6.07, 6.45) is 10.5. The molecule has 7 heteroatoms. The largest absolute Gasteiger partial charge is 0.325 e. The van der Waals surface area contributed by atoms with Gasteiger partial charge in [-0.1, -0.05) is 43.2 Å². The molecule has 0 spiro atoms. The van der Waals surface area contributed by atoms with Gasteiger partial charge in [0.25, 0.3) is 0 Å². The minimum atomic E-state index is 0.0148. The first-order chi connectivity index (χ1) is 15.3. The maximum absolute atomic E-state index is 12.6. The number of anilines is 1. The van der Waals surface area contributed by atoms with Crippen LogP contribution in [0.25, 0.3) is 0 Å². The van der Waals surface area contributed by atoms with Gasteiger partial charge >= 0.3 is 0 Å². The minimum Gasteiger partial charge on any atom is -0.325 e. The molecule has 1 fully saturated rings. The van der Waals surface area contributed by atoms with E-state index in [1.54, 1.807) is 11.3 Å². The number of nitrogens with one attached hydrogen (secondary N) is 1. The second kappa shape index (κ2) is 9.57. The zero-order chi connectivity index (χ0) is 21.0. The van der Waals surface area contributed by atoms with Gasteiger partial charge in [0.1, 0.15) is 5.82 Å². The average Bonchev–Trinajstić information content (AvgIpc) is 3.54. The Hall–Kier alpha value is -2.12. The highest BCUT2D eigenvalue weighted by Crippen LogP contribution is 2.33. The van der Waals surface area contributed by atoms with Crippen molar-refractivity contribution in [1.82, 2.24) is 14.8 Å². The molecule has 2 heterocycles. The molecule has 1 aromatic carbocycles. The van der Waals surface area contributed by atoms with E-state index in [-0.39, 0.29) is 5.91 Å². The molecule has 5 nitrogen and oxygen atoms in total. The van der Waals surface area contributed by atoms with Crippen LogP contribution in [0.5, 0.6) is 0 Å². The summed E-state index contributed by atoms with van der Waals surface area (Å²) in [4.78, 5) is 14.0. The van der Waals surface area contributed by atoms with Crippen molar-refractivity contribution in [3.8, 4) is 0 Å². The molecule has 0 bridgehead atoms. The van der Waals surface area contributed by atoms with Gasteiger partial charge in [0.2, 0.25) is 5.91 Å². The van der Waals surface area contributed by atoms with E-state index in [0.29, 0.717) is 11.8 Å². The predicted molar refractivity (Wildman–Crippen MR) is 127 cm³/mol. The summed E-state index contributed by atoms with van der Waals surface area (Å²) in [6.45, 7) is 0. The van der Waals surface area contributed by atoms with Crippen LogP contribution in [-0.2, 0) is 24.1 Å². The van der Waals surface area contributed by atoms with Gasteiger partial charge in [-0.05, 0) is 66.8 Å². The van der Waals surface area contributed by atoms with Crippen LogP contribution in [0.2, 0.25) is 0 Å². The molecule has 2 aromatic heterocycles. The lowest BCUT2D eigenvalue weighted by Gasteiger charge is -2.25. The maximum Gasteiger partial charge on any atom is 0.234 e. The number of fused-ring (bicyclic) bond motifs is 1. The molecular formula is C24H28N4OS2. The SMILES string of the molecule is O=C(CSc1nnc(Cc2cccs2)n1C1CCCCC1)Nc1ccc2c(c1)CCC2. The van der Waals surface area contributed by atoms with Crippen LogP contribution in [0.1, 0.15) is 66.4 Å². The third-order valence-corrected chi connectivity index (χ3v) is 8.12. The van der Waals surface area contributed by atoms with Crippen LogP contribution in [-0.4, -0.2) is 26.4 Å². The molecule has 1 N–H and O–H groups in total. The van der Waals surface area contributed by atoms with Gasteiger partial charge in [0, 0.05) is 23.0 Å². The number of hydrogen-bond acceptors (Lipinski definition) is 5. The average molecular weight is 453 g/mol. The Labute approximate surface area is 191 Å². The number of aryl methyl sites for hydroxylation is 2. The standard InChI is InChI=1S/C24H28N4OS2/c29-23(25-19-12-11-17-6-4-7-18(17)14-19)16-31-24-27-26-22(15-21-10-5-13-30-21)28(24)20-8-2-1-3-9-20/h5,10-14,20H,1-4,6-9,15-16H2,(H,25,29). The fourth-order valence-corrected chi connectivity index (χ4v) is 6.30. The molecular weight excluding hydrogens is 424 g/mol. The molecule has 0 atom stereocenters. The van der Waals surface area contributed by atoms with Gasteiger partial charge in [-0.15, -0.1) is 21.5 Å². The highest BCUT2D eigenvalue weighted by molar-refractivity contribution is 7.99. The van der Waals surface area contributed by atoms with E-state index in [0.717, 1.165) is 35.9 Å². The highest BCUT2D eigenvalue weighted by atomic mass is 32.2. The van der Waals surface area contributed by atoms with Crippen LogP contribution in [0.4, 0.5) is 5.69 Å². The quantitative estimate of drug-likeness (QED) is 0.470. The molecule has 0 aliphatic heterocycles. The monoisotopic (exact) mass is 452 g/mol. The number of rotatable bonds is 7. The molecule has 162 valence electrons. The topological polar surface area (TPSA) is 59.8 Å². The van der Waals surface area contributed by atoms with Crippen molar-refractivity contribution in [1.29, 1.82) is 0 Å². The Morgan fingerprint density at radius 3 is 2.81 bits per heavy atom. The summed E-state index contributed by atoms with van der Waals surface area (Å²) < 4.78 is 2.33. The first-order valence-electron chi connectivity index (χ1n) is 11.3. The summed E-state index contributed by atoms with van der Waals surface area (Å²) >= 11 is 3.27. The van der Waals surface area contributed by atoms with E-state index < -0.39 is 0 Å². The normalized spacial score (nSPS) is 16.4. The van der Waals surface area contributed by atoms with Gasteiger partial charge in [0.15, 0.2) is 5.16 Å². The lowest BCUT2D eigenvalue weighted by molar-refractivity contribution is -0.113. The number of thioether (sulfide) groups is 1. The van der Waals surface area contributed by atoms with Crippen molar-refractivity contribution in [2.24, 2.45) is 0 Å². The summed E-state index contributed by atoms with van der Waals surface area (Å²) in [5.41, 5.74) is 3.70. The van der Waals surface area contributed by atoms with Crippen molar-refractivity contribution >= 4 is 34.7 Å². The molecule has 2 aliphatic rings. The Balaban J connectivity index is 1.27. The lowest BCUT2D eigenvalue weighted by Crippen LogP contribution is -2.18. The summed E-state index contributed by atoms with van der Waals surface area (Å²) in [5.74, 6) is 1.39. The van der Waals surface area contributed by atoms with Gasteiger partial charge < -0.3 is 9.88 Å². The van der Waals surface area contributed by atoms with E-state index in [2.05, 4.69) is 49.7 Å². The van der Waals surface area contributed by atoms with Crippen molar-refractivity contribution in [2.75, 3.05) is 11.1 Å². The number of thiophene rings is 1. The second-order valence-corrected chi connectivity index (χ2v) is 10.5. The van der Waals surface area contributed by atoms with Crippen LogP contribution in [0, 0.1) is 0 Å². The Bertz CT molecular complexity index is 1040. The predicted octanol–water partition coefficient (Wildman–Crippen LogP) is 5.66. The lowest BCUT2D eigenvalue weighted by atomic mass is 9.95. The summed E-state index contributed by atoms with van der Waals surface area (Å²) in [5, 5.41) is 15.1. The fraction of sp³-hybridized carbons (Fsp3) is 0.458. The van der Waals surface area contributed by atoms with Crippen LogP contribution < -0.4 is 5.32 Å². The second-order valence-electron chi connectivity index (χ2n) is 8.49. The highest BCUT2D eigenvalue weighted by Gasteiger charge is 2.24. The molecule has 2 aliphatic carbocycles. The van der Waals surface area contributed by atoms with Gasteiger partial charge in [-0.2, -0.15) is 0 Å². The molecule has 1 amide bonds. The first kappa shape index (κ1) is 20.8. The maximum atomic E-state index is 12.6. The molecule has 3 aromatic rings. The van der Waals surface area contributed by atoms with Crippen molar-refractivity contribution in [3.05, 3.63) is 57.5 Å². The van der Waals surface area contributed by atoms with E-state index in [4.69, 9.17) is 0 Å². The van der Waals surface area contributed by atoms with Gasteiger partial charge in [-0.3, -0.25) is 4.79 Å². The molecule has 1 saturated carbocycles. The van der Waals surface area contributed by atoms with Gasteiger partial charge in [-0.25, -0.2) is 0 Å². The third-order valence-electron chi connectivity index (χ3n) is 6.30. The van der Waals surface area contributed by atoms with Crippen molar-refractivity contribution in [2.45, 2.75) is 69.0 Å². The smallest absolute Gasteiger partial charge is 0.234 e. The third kappa shape index (κ3) is 4.88. The van der Waals surface area contributed by atoms with Crippen molar-refractivity contribution < 1.29 is 4.79 Å². The Morgan fingerprint density at radius 1 is 1.10 bits per heavy atom. The first-order valence-corrected chi connectivity index (χ1v) is 13.1. The number of aromatic nitrogens is 3. The van der Waals surface area contributed by atoms with Crippen LogP contribution in [0.3, 0.4) is 0 Å². The van der Waals surface area contributed by atoms with E-state index >= 15 is 0 Å². The molecule has 0 radical (unpaired) electrons. The number of hydrogen-bond donors (Lipinski definition) is 1. The minimum absolute atomic E-state index is 0.0148. The van der Waals surface area contributed by atoms with Gasteiger partial charge in [0.05, 0.1) is 5.75 Å². The number of benzene rings is 1. The fourth-order valence-electron chi connectivity index (χ4n) is 4.78.